The predicted octanol–water partition coefficient (Wildman–Crippen LogP) is 2.90. The molecule has 0 amide bonds. The smallest absolute Gasteiger partial charge is 0.119 e. The molecule has 18 heavy (non-hydrogen) atoms. The second-order valence-corrected chi connectivity index (χ2v) is 4.92. The van der Waals surface area contributed by atoms with Crippen molar-refractivity contribution in [3.05, 3.63) is 29.8 Å². The van der Waals surface area contributed by atoms with E-state index in [9.17, 15) is 0 Å². The van der Waals surface area contributed by atoms with Crippen molar-refractivity contribution >= 4 is 0 Å². The molecule has 0 saturated heterocycles. The summed E-state index contributed by atoms with van der Waals surface area (Å²) in [5.74, 6) is 1.81. The van der Waals surface area contributed by atoms with Gasteiger partial charge in [-0.05, 0) is 37.0 Å². The average molecular weight is 249 g/mol. The number of nitrogens with two attached hydrogens (primary N) is 1. The summed E-state index contributed by atoms with van der Waals surface area (Å²) in [6, 6.07) is 7.91. The lowest BCUT2D eigenvalue weighted by Gasteiger charge is -2.13. The summed E-state index contributed by atoms with van der Waals surface area (Å²) < 4.78 is 11.0. The molecule has 1 atom stereocenters. The lowest BCUT2D eigenvalue weighted by Crippen LogP contribution is -2.17. The van der Waals surface area contributed by atoms with E-state index >= 15 is 0 Å². The van der Waals surface area contributed by atoms with Crippen molar-refractivity contribution in [2.24, 2.45) is 11.7 Å². The highest BCUT2D eigenvalue weighted by molar-refractivity contribution is 5.29. The van der Waals surface area contributed by atoms with Gasteiger partial charge in [0.25, 0.3) is 0 Å². The van der Waals surface area contributed by atoms with Gasteiger partial charge in [-0.1, -0.05) is 25.0 Å². The van der Waals surface area contributed by atoms with Crippen molar-refractivity contribution in [3.63, 3.8) is 0 Å². The molecule has 2 N–H and O–H groups in total. The molecular formula is C15H23NO2. The summed E-state index contributed by atoms with van der Waals surface area (Å²) in [6.45, 7) is 4.11. The highest BCUT2D eigenvalue weighted by atomic mass is 16.5. The topological polar surface area (TPSA) is 44.5 Å². The summed E-state index contributed by atoms with van der Waals surface area (Å²) in [4.78, 5) is 0. The Bertz CT molecular complexity index is 346. The fourth-order valence-corrected chi connectivity index (χ4v) is 1.94. The second-order valence-electron chi connectivity index (χ2n) is 4.92. The number of hydrogen-bond donors (Lipinski definition) is 1. The normalized spacial score (nSPS) is 16.6. The first-order valence-electron chi connectivity index (χ1n) is 6.85. The molecule has 1 aliphatic rings. The summed E-state index contributed by atoms with van der Waals surface area (Å²) >= 11 is 0. The molecule has 2 rings (SSSR count). The molecule has 0 spiro atoms. The van der Waals surface area contributed by atoms with Gasteiger partial charge < -0.3 is 15.2 Å². The van der Waals surface area contributed by atoms with Gasteiger partial charge in [0.1, 0.15) is 5.75 Å². The third kappa shape index (κ3) is 4.31. The molecule has 1 aromatic carbocycles. The molecule has 3 nitrogen and oxygen atoms in total. The van der Waals surface area contributed by atoms with Crippen LogP contribution in [0.15, 0.2) is 24.3 Å². The number of ether oxygens (including phenoxy) is 2. The molecule has 1 saturated carbocycles. The number of hydrogen-bond acceptors (Lipinski definition) is 3. The van der Waals surface area contributed by atoms with Gasteiger partial charge >= 0.3 is 0 Å². The zero-order valence-electron chi connectivity index (χ0n) is 11.1. The van der Waals surface area contributed by atoms with Crippen molar-refractivity contribution in [1.82, 2.24) is 0 Å². The van der Waals surface area contributed by atoms with Crippen LogP contribution in [0.4, 0.5) is 0 Å². The molecule has 1 fully saturated rings. The minimum absolute atomic E-state index is 0.0418. The zero-order valence-corrected chi connectivity index (χ0v) is 11.1. The van der Waals surface area contributed by atoms with E-state index in [0.29, 0.717) is 13.2 Å². The van der Waals surface area contributed by atoms with Crippen molar-refractivity contribution in [2.75, 3.05) is 19.8 Å². The van der Waals surface area contributed by atoms with Crippen LogP contribution in [0.1, 0.15) is 37.8 Å². The Kier molecular flexibility index (Phi) is 5.02. The minimum Gasteiger partial charge on any atom is -0.494 e. The third-order valence-corrected chi connectivity index (χ3v) is 3.28. The van der Waals surface area contributed by atoms with Crippen molar-refractivity contribution in [1.29, 1.82) is 0 Å². The van der Waals surface area contributed by atoms with Gasteiger partial charge in [-0.25, -0.2) is 0 Å². The van der Waals surface area contributed by atoms with Gasteiger partial charge in [0.15, 0.2) is 0 Å². The van der Waals surface area contributed by atoms with E-state index in [1.165, 1.54) is 19.3 Å². The van der Waals surface area contributed by atoms with E-state index in [2.05, 4.69) is 0 Å². The molecule has 0 aromatic heterocycles. The van der Waals surface area contributed by atoms with Gasteiger partial charge in [0.2, 0.25) is 0 Å². The average Bonchev–Trinajstić information content (AvgIpc) is 3.20. The van der Waals surface area contributed by atoms with Gasteiger partial charge in [-0.2, -0.15) is 0 Å². The van der Waals surface area contributed by atoms with Crippen molar-refractivity contribution in [2.45, 2.75) is 32.2 Å². The van der Waals surface area contributed by atoms with Crippen LogP contribution in [-0.2, 0) is 4.74 Å². The molecule has 0 aliphatic heterocycles. The Morgan fingerprint density at radius 1 is 1.28 bits per heavy atom. The molecule has 3 heteroatoms. The molecule has 1 aliphatic carbocycles. The predicted molar refractivity (Wildman–Crippen MR) is 72.7 cm³/mol. The van der Waals surface area contributed by atoms with E-state index in [-0.39, 0.29) is 6.04 Å². The lowest BCUT2D eigenvalue weighted by atomic mass is 10.1. The third-order valence-electron chi connectivity index (χ3n) is 3.28. The van der Waals surface area contributed by atoms with Crippen LogP contribution >= 0.6 is 0 Å². The monoisotopic (exact) mass is 249 g/mol. The quantitative estimate of drug-likeness (QED) is 0.720. The van der Waals surface area contributed by atoms with E-state index in [4.69, 9.17) is 15.2 Å². The van der Waals surface area contributed by atoms with Gasteiger partial charge in [0.05, 0.1) is 19.3 Å². The van der Waals surface area contributed by atoms with E-state index in [0.717, 1.165) is 23.8 Å². The van der Waals surface area contributed by atoms with Crippen molar-refractivity contribution in [3.8, 4) is 5.75 Å². The Morgan fingerprint density at radius 2 is 2.00 bits per heavy atom. The number of rotatable bonds is 8. The molecule has 0 radical (unpaired) electrons. The van der Waals surface area contributed by atoms with E-state index < -0.39 is 0 Å². The SMILES string of the molecule is CCOc1ccc(C(N)COCCC2CC2)cc1. The maximum atomic E-state index is 6.09. The maximum Gasteiger partial charge on any atom is 0.119 e. The Hall–Kier alpha value is -1.06. The molecule has 1 unspecified atom stereocenters. The molecule has 100 valence electrons. The first-order chi connectivity index (χ1) is 8.79. The molecular weight excluding hydrogens is 226 g/mol. The maximum absolute atomic E-state index is 6.09. The first-order valence-corrected chi connectivity index (χ1v) is 6.85. The van der Waals surface area contributed by atoms with Crippen LogP contribution in [-0.4, -0.2) is 19.8 Å². The lowest BCUT2D eigenvalue weighted by molar-refractivity contribution is 0.115. The van der Waals surface area contributed by atoms with Gasteiger partial charge in [0, 0.05) is 6.61 Å². The van der Waals surface area contributed by atoms with Crippen LogP contribution in [0.2, 0.25) is 0 Å². The Labute approximate surface area is 109 Å². The Balaban J connectivity index is 1.70. The van der Waals surface area contributed by atoms with Crippen LogP contribution in [0.3, 0.4) is 0 Å². The standard InChI is InChI=1S/C15H23NO2/c1-2-18-14-7-5-13(6-8-14)15(16)11-17-10-9-12-3-4-12/h5-8,12,15H,2-4,9-11,16H2,1H3. The molecule has 0 heterocycles. The van der Waals surface area contributed by atoms with Crippen LogP contribution in [0, 0.1) is 5.92 Å². The van der Waals surface area contributed by atoms with E-state index in [1.807, 2.05) is 31.2 Å². The number of benzene rings is 1. The minimum atomic E-state index is -0.0418. The van der Waals surface area contributed by atoms with Gasteiger partial charge in [-0.15, -0.1) is 0 Å². The highest BCUT2D eigenvalue weighted by Crippen LogP contribution is 2.32. The van der Waals surface area contributed by atoms with Crippen LogP contribution < -0.4 is 10.5 Å². The fraction of sp³-hybridized carbons (Fsp3) is 0.600. The fourth-order valence-electron chi connectivity index (χ4n) is 1.94. The summed E-state index contributed by atoms with van der Waals surface area (Å²) in [7, 11) is 0. The summed E-state index contributed by atoms with van der Waals surface area (Å²) in [5, 5.41) is 0. The van der Waals surface area contributed by atoms with E-state index in [1.54, 1.807) is 0 Å². The van der Waals surface area contributed by atoms with Crippen LogP contribution in [0.25, 0.3) is 0 Å². The highest BCUT2D eigenvalue weighted by Gasteiger charge is 2.20. The first kappa shape index (κ1) is 13.4. The van der Waals surface area contributed by atoms with Crippen LogP contribution in [0.5, 0.6) is 5.75 Å². The summed E-state index contributed by atoms with van der Waals surface area (Å²) in [5.41, 5.74) is 7.19. The van der Waals surface area contributed by atoms with Crippen molar-refractivity contribution < 1.29 is 9.47 Å². The molecule has 0 bridgehead atoms. The summed E-state index contributed by atoms with van der Waals surface area (Å²) in [6.07, 6.45) is 3.96. The Morgan fingerprint density at radius 3 is 2.61 bits per heavy atom. The zero-order chi connectivity index (χ0) is 12.8. The second kappa shape index (κ2) is 6.76. The molecule has 1 aromatic rings. The van der Waals surface area contributed by atoms with Gasteiger partial charge in [-0.3, -0.25) is 0 Å². The largest absolute Gasteiger partial charge is 0.494 e.